The summed E-state index contributed by atoms with van der Waals surface area (Å²) in [4.78, 5) is 26.2. The molecule has 2 heterocycles. The Morgan fingerprint density at radius 1 is 1.44 bits per heavy atom. The zero-order valence-corrected chi connectivity index (χ0v) is 19.0. The number of halogens is 1. The van der Waals surface area contributed by atoms with Crippen molar-refractivity contribution in [1.82, 2.24) is 24.5 Å². The summed E-state index contributed by atoms with van der Waals surface area (Å²) in [5.41, 5.74) is 1.24. The van der Waals surface area contributed by atoms with Gasteiger partial charge in [0.05, 0.1) is 47.4 Å². The molecule has 1 aliphatic carbocycles. The van der Waals surface area contributed by atoms with Crippen LogP contribution in [0, 0.1) is 17.9 Å². The quantitative estimate of drug-likeness (QED) is 0.339. The number of rotatable bonds is 9. The molecule has 0 spiro atoms. The number of anilines is 4. The summed E-state index contributed by atoms with van der Waals surface area (Å²) in [7, 11) is 1.70. The number of aliphatic hydroxyl groups is 1. The molecule has 0 aliphatic heterocycles. The number of hydrogen-bond acceptors (Lipinski definition) is 9. The molecular weight excluding hydrogens is 460 g/mol. The lowest BCUT2D eigenvalue weighted by Gasteiger charge is -2.16. The number of amides is 1. The van der Waals surface area contributed by atoms with Crippen molar-refractivity contribution in [2.45, 2.75) is 18.9 Å². The lowest BCUT2D eigenvalue weighted by molar-refractivity contribution is -0.117. The van der Waals surface area contributed by atoms with E-state index in [0.29, 0.717) is 23.7 Å². The fourth-order valence-corrected chi connectivity index (χ4v) is 3.40. The van der Waals surface area contributed by atoms with E-state index in [1.807, 2.05) is 6.07 Å². The molecule has 1 aliphatic rings. The number of fused-ring (bicyclic) bond motifs is 1. The molecule has 1 amide bonds. The van der Waals surface area contributed by atoms with E-state index >= 15 is 0 Å². The summed E-state index contributed by atoms with van der Waals surface area (Å²) in [5.74, 6) is 0.474. The fraction of sp³-hybridized carbons (Fsp3) is 0.333. The number of likely N-dealkylation sites (N-methyl/N-ethyl adjacent to an activating group) is 1. The Morgan fingerprint density at radius 2 is 2.21 bits per heavy atom. The fourth-order valence-electron chi connectivity index (χ4n) is 3.19. The largest absolute Gasteiger partial charge is 0.395 e. The molecule has 0 bridgehead atoms. The van der Waals surface area contributed by atoms with Crippen LogP contribution in [-0.2, 0) is 4.79 Å². The summed E-state index contributed by atoms with van der Waals surface area (Å²) < 4.78 is 1.38. The third-order valence-corrected chi connectivity index (χ3v) is 5.40. The molecule has 0 atom stereocenters. The van der Waals surface area contributed by atoms with Crippen LogP contribution in [0.3, 0.4) is 0 Å². The van der Waals surface area contributed by atoms with Crippen LogP contribution in [0.25, 0.3) is 10.5 Å². The summed E-state index contributed by atoms with van der Waals surface area (Å²) in [5, 5.41) is 32.0. The number of imidazole rings is 1. The highest BCUT2D eigenvalue weighted by Crippen LogP contribution is 2.34. The molecule has 4 N–H and O–H groups in total. The third kappa shape index (κ3) is 5.15. The monoisotopic (exact) mass is 480 g/mol. The van der Waals surface area contributed by atoms with Gasteiger partial charge in [-0.05, 0) is 32.0 Å². The van der Waals surface area contributed by atoms with Gasteiger partial charge in [-0.15, -0.1) is 4.52 Å². The number of benzene rings is 1. The van der Waals surface area contributed by atoms with Gasteiger partial charge in [0.25, 0.3) is 17.4 Å². The minimum absolute atomic E-state index is 0.0342. The van der Waals surface area contributed by atoms with E-state index in [0.717, 1.165) is 12.8 Å². The van der Waals surface area contributed by atoms with Gasteiger partial charge in [-0.1, -0.05) is 23.3 Å². The molecule has 4 rings (SSSR count). The molecule has 34 heavy (non-hydrogen) atoms. The van der Waals surface area contributed by atoms with Gasteiger partial charge in [0.15, 0.2) is 5.82 Å². The topological polar surface area (TPSA) is 148 Å². The van der Waals surface area contributed by atoms with Crippen molar-refractivity contribution >= 4 is 52.1 Å². The number of nitriles is 1. The first kappa shape index (κ1) is 23.2. The van der Waals surface area contributed by atoms with Crippen molar-refractivity contribution in [2.24, 2.45) is 0 Å². The van der Waals surface area contributed by atoms with Crippen molar-refractivity contribution in [2.75, 3.05) is 42.7 Å². The third-order valence-electron chi connectivity index (χ3n) is 4.99. The molecule has 1 saturated carbocycles. The molecule has 1 aromatic carbocycles. The summed E-state index contributed by atoms with van der Waals surface area (Å²) in [6, 6.07) is 5.31. The van der Waals surface area contributed by atoms with Crippen LogP contribution in [0.2, 0.25) is 5.02 Å². The number of carbonyl (C=O) groups is 1. The maximum Gasteiger partial charge on any atom is 0.275 e. The van der Waals surface area contributed by atoms with Crippen LogP contribution in [0.4, 0.5) is 29.0 Å². The van der Waals surface area contributed by atoms with Gasteiger partial charge in [0.2, 0.25) is 5.91 Å². The Balaban J connectivity index is 1.66. The van der Waals surface area contributed by atoms with Crippen LogP contribution in [0.1, 0.15) is 18.4 Å². The lowest BCUT2D eigenvalue weighted by atomic mass is 10.2. The second kappa shape index (κ2) is 9.89. The van der Waals surface area contributed by atoms with E-state index < -0.39 is 0 Å². The highest BCUT2D eigenvalue weighted by Gasteiger charge is 2.25. The van der Waals surface area contributed by atoms with Crippen LogP contribution >= 0.6 is 11.6 Å². The first-order valence-electron chi connectivity index (χ1n) is 10.4. The van der Waals surface area contributed by atoms with E-state index in [1.165, 1.54) is 22.8 Å². The molecular formula is C21H21ClN10O2. The van der Waals surface area contributed by atoms with Crippen LogP contribution < -0.4 is 16.0 Å². The molecule has 12 nitrogen and oxygen atoms in total. The predicted octanol–water partition coefficient (Wildman–Crippen LogP) is 2.38. The highest BCUT2D eigenvalue weighted by atomic mass is 35.5. The minimum atomic E-state index is -0.354. The Hall–Kier alpha value is -3.97. The van der Waals surface area contributed by atoms with Gasteiger partial charge in [-0.25, -0.2) is 4.98 Å². The molecule has 1 fully saturated rings. The average molecular weight is 481 g/mol. The van der Waals surface area contributed by atoms with Gasteiger partial charge in [0.1, 0.15) is 0 Å². The van der Waals surface area contributed by atoms with Gasteiger partial charge >= 0.3 is 0 Å². The summed E-state index contributed by atoms with van der Waals surface area (Å²) in [6.45, 7) is 7.66. The maximum absolute atomic E-state index is 12.4. The van der Waals surface area contributed by atoms with Gasteiger partial charge < -0.3 is 25.9 Å². The first-order valence-corrected chi connectivity index (χ1v) is 10.8. The van der Waals surface area contributed by atoms with Crippen LogP contribution in [0.15, 0.2) is 18.3 Å². The van der Waals surface area contributed by atoms with Crippen molar-refractivity contribution in [3.05, 3.63) is 40.3 Å². The second-order valence-corrected chi connectivity index (χ2v) is 8.18. The molecule has 13 heteroatoms. The molecule has 174 valence electrons. The Bertz CT molecular complexity index is 1320. The Kier molecular flexibility index (Phi) is 6.75. The van der Waals surface area contributed by atoms with Crippen LogP contribution in [-0.4, -0.2) is 68.3 Å². The number of carbonyl (C=O) groups excluding carboxylic acids is 1. The zero-order chi connectivity index (χ0) is 24.2. The van der Waals surface area contributed by atoms with Gasteiger partial charge in [0, 0.05) is 12.6 Å². The molecule has 0 unspecified atom stereocenters. The lowest BCUT2D eigenvalue weighted by Crippen LogP contribution is -2.32. The van der Waals surface area contributed by atoms with E-state index in [2.05, 4.69) is 35.9 Å². The van der Waals surface area contributed by atoms with E-state index in [-0.39, 0.29) is 53.1 Å². The van der Waals surface area contributed by atoms with E-state index in [9.17, 15) is 10.1 Å². The number of aliphatic hydroxyl groups excluding tert-OH is 1. The molecule has 0 radical (unpaired) electrons. The second-order valence-electron chi connectivity index (χ2n) is 7.80. The number of nitrogens with zero attached hydrogens (tertiary/aromatic N) is 7. The molecule has 3 aromatic rings. The SMILES string of the molecule is [C-]#[N+]c1cnc2c(NC3CC3)nc(Nc3cc(C#N)cc(NC(=O)CN(C)CCO)c3Cl)nn12. The van der Waals surface area contributed by atoms with Crippen LogP contribution in [0.5, 0.6) is 0 Å². The normalized spacial score (nSPS) is 12.9. The highest BCUT2D eigenvalue weighted by molar-refractivity contribution is 6.36. The smallest absolute Gasteiger partial charge is 0.275 e. The molecule has 0 saturated heterocycles. The maximum atomic E-state index is 12.4. The number of hydrogen-bond donors (Lipinski definition) is 4. The predicted molar refractivity (Wildman–Crippen MR) is 126 cm³/mol. The summed E-state index contributed by atoms with van der Waals surface area (Å²) in [6.07, 6.45) is 3.45. The van der Waals surface area contributed by atoms with Crippen molar-refractivity contribution in [3.63, 3.8) is 0 Å². The molecule has 2 aromatic heterocycles. The number of nitrogens with one attached hydrogen (secondary N) is 3. The summed E-state index contributed by atoms with van der Waals surface area (Å²) >= 11 is 6.54. The van der Waals surface area contributed by atoms with Gasteiger partial charge in [-0.2, -0.15) is 10.2 Å². The standard InChI is InChI=1S/C21H21ClN10O2/c1-24-16-10-25-20-19(26-13-3-4-13)29-21(30-32(16)20)28-15-8-12(9-23)7-14(18(15)22)27-17(34)11-31(2)5-6-33/h7-8,10,13,33H,3-6,11H2,2H3,(H,27,34)(H2,26,28,29,30). The van der Waals surface area contributed by atoms with Gasteiger partial charge in [-0.3, -0.25) is 9.69 Å². The Morgan fingerprint density at radius 3 is 2.88 bits per heavy atom. The van der Waals surface area contributed by atoms with Crippen molar-refractivity contribution < 1.29 is 9.90 Å². The zero-order valence-electron chi connectivity index (χ0n) is 18.2. The van der Waals surface area contributed by atoms with E-state index in [1.54, 1.807) is 11.9 Å². The number of aromatic nitrogens is 4. The minimum Gasteiger partial charge on any atom is -0.395 e. The first-order chi connectivity index (χ1) is 16.4. The van der Waals surface area contributed by atoms with Crippen molar-refractivity contribution in [3.8, 4) is 6.07 Å². The van der Waals surface area contributed by atoms with Crippen molar-refractivity contribution in [1.29, 1.82) is 5.26 Å². The van der Waals surface area contributed by atoms with E-state index in [4.69, 9.17) is 23.3 Å². The average Bonchev–Trinajstić information content (AvgIpc) is 3.52. The Labute approximate surface area is 200 Å².